The van der Waals surface area contributed by atoms with Gasteiger partial charge in [-0.15, -0.1) is 0 Å². The third kappa shape index (κ3) is 2.69. The van der Waals surface area contributed by atoms with Crippen molar-refractivity contribution in [2.75, 3.05) is 7.11 Å². The Kier molecular flexibility index (Phi) is 3.61. The van der Waals surface area contributed by atoms with Crippen molar-refractivity contribution in [1.82, 2.24) is 5.32 Å². The second-order valence-corrected chi connectivity index (χ2v) is 6.06. The fraction of sp³-hybridized carbons (Fsp3) is 0.625. The monoisotopic (exact) mass is 261 g/mol. The molecule has 0 amide bonds. The van der Waals surface area contributed by atoms with Crippen molar-refractivity contribution in [3.63, 3.8) is 0 Å². The van der Waals surface area contributed by atoms with E-state index in [9.17, 15) is 5.11 Å². The smallest absolute Gasteiger partial charge is 0.0926 e. The molecule has 2 aliphatic rings. The largest absolute Gasteiger partial charge is 0.385 e. The zero-order valence-corrected chi connectivity index (χ0v) is 11.6. The highest BCUT2D eigenvalue weighted by Crippen LogP contribution is 2.39. The van der Waals surface area contributed by atoms with E-state index >= 15 is 0 Å². The lowest BCUT2D eigenvalue weighted by Crippen LogP contribution is -2.54. The lowest BCUT2D eigenvalue weighted by atomic mass is 9.74. The van der Waals surface area contributed by atoms with Crippen LogP contribution in [-0.2, 0) is 16.9 Å². The normalized spacial score (nSPS) is 34.2. The van der Waals surface area contributed by atoms with E-state index in [-0.39, 0.29) is 0 Å². The van der Waals surface area contributed by atoms with Gasteiger partial charge < -0.3 is 15.2 Å². The zero-order chi connectivity index (χ0) is 13.3. The third-order valence-corrected chi connectivity index (χ3v) is 4.55. The minimum absolute atomic E-state index is 0.483. The molecule has 3 heteroatoms. The van der Waals surface area contributed by atoms with Crippen LogP contribution in [0.5, 0.6) is 0 Å². The lowest BCUT2D eigenvalue weighted by Gasteiger charge is -2.45. The van der Waals surface area contributed by atoms with Gasteiger partial charge in [0, 0.05) is 19.2 Å². The molecule has 2 unspecified atom stereocenters. The number of piperidine rings is 2. The van der Waals surface area contributed by atoms with E-state index in [0.29, 0.717) is 18.7 Å². The number of ether oxygens (including phenoxy) is 1. The standard InChI is InChI=1S/C16H23NO2/c1-19-11-12-5-7-13(8-6-12)16(18)9-14-3-2-4-15(10-16)17-14/h5-8,14-15,17-18H,2-4,9-11H2,1H3. The molecule has 104 valence electrons. The quantitative estimate of drug-likeness (QED) is 0.877. The van der Waals surface area contributed by atoms with Gasteiger partial charge in [0.1, 0.15) is 0 Å². The molecule has 0 spiro atoms. The molecule has 3 nitrogen and oxygen atoms in total. The van der Waals surface area contributed by atoms with Crippen LogP contribution in [0.25, 0.3) is 0 Å². The van der Waals surface area contributed by atoms with Crippen LogP contribution in [0.4, 0.5) is 0 Å². The van der Waals surface area contributed by atoms with Crippen molar-refractivity contribution in [1.29, 1.82) is 0 Å². The number of hydrogen-bond donors (Lipinski definition) is 2. The van der Waals surface area contributed by atoms with Crippen molar-refractivity contribution >= 4 is 0 Å². The molecule has 2 aliphatic heterocycles. The molecule has 2 N–H and O–H groups in total. The maximum absolute atomic E-state index is 11.0. The summed E-state index contributed by atoms with van der Waals surface area (Å²) in [5.41, 5.74) is 1.57. The summed E-state index contributed by atoms with van der Waals surface area (Å²) >= 11 is 0. The summed E-state index contributed by atoms with van der Waals surface area (Å²) < 4.78 is 5.13. The highest BCUT2D eigenvalue weighted by Gasteiger charge is 2.41. The lowest BCUT2D eigenvalue weighted by molar-refractivity contribution is -0.0359. The van der Waals surface area contributed by atoms with Crippen LogP contribution < -0.4 is 5.32 Å². The first-order valence-corrected chi connectivity index (χ1v) is 7.26. The Labute approximate surface area is 115 Å². The summed E-state index contributed by atoms with van der Waals surface area (Å²) in [5, 5.41) is 14.6. The fourth-order valence-corrected chi connectivity index (χ4v) is 3.64. The van der Waals surface area contributed by atoms with Gasteiger partial charge in [-0.2, -0.15) is 0 Å². The summed E-state index contributed by atoms with van der Waals surface area (Å²) in [5.74, 6) is 0. The summed E-state index contributed by atoms with van der Waals surface area (Å²) in [6.07, 6.45) is 5.37. The molecular weight excluding hydrogens is 238 g/mol. The summed E-state index contributed by atoms with van der Waals surface area (Å²) in [7, 11) is 1.70. The molecule has 0 saturated carbocycles. The van der Waals surface area contributed by atoms with Gasteiger partial charge in [-0.25, -0.2) is 0 Å². The van der Waals surface area contributed by atoms with E-state index in [1.54, 1.807) is 7.11 Å². The van der Waals surface area contributed by atoms with Gasteiger partial charge in [0.25, 0.3) is 0 Å². The molecule has 0 aromatic heterocycles. The summed E-state index contributed by atoms with van der Waals surface area (Å²) in [4.78, 5) is 0. The van der Waals surface area contributed by atoms with E-state index < -0.39 is 5.60 Å². The molecule has 0 aliphatic carbocycles. The maximum atomic E-state index is 11.0. The summed E-state index contributed by atoms with van der Waals surface area (Å²) in [6.45, 7) is 0.630. The van der Waals surface area contributed by atoms with Crippen LogP contribution >= 0.6 is 0 Å². The van der Waals surface area contributed by atoms with Crippen molar-refractivity contribution in [3.8, 4) is 0 Å². The Morgan fingerprint density at radius 1 is 1.21 bits per heavy atom. The van der Waals surface area contributed by atoms with Crippen molar-refractivity contribution in [2.45, 2.75) is 56.4 Å². The van der Waals surface area contributed by atoms with E-state index in [1.165, 1.54) is 19.3 Å². The number of rotatable bonds is 3. The Hall–Kier alpha value is -0.900. The van der Waals surface area contributed by atoms with Gasteiger partial charge >= 0.3 is 0 Å². The average Bonchev–Trinajstić information content (AvgIpc) is 2.39. The van der Waals surface area contributed by atoms with E-state index in [4.69, 9.17) is 4.74 Å². The molecule has 2 fully saturated rings. The van der Waals surface area contributed by atoms with Crippen LogP contribution in [0, 0.1) is 0 Å². The SMILES string of the molecule is COCc1ccc(C2(O)CC3CCCC(C2)N3)cc1. The van der Waals surface area contributed by atoms with Crippen LogP contribution in [-0.4, -0.2) is 24.3 Å². The molecule has 19 heavy (non-hydrogen) atoms. The Morgan fingerprint density at radius 2 is 1.84 bits per heavy atom. The van der Waals surface area contributed by atoms with Gasteiger partial charge in [-0.3, -0.25) is 0 Å². The van der Waals surface area contributed by atoms with Gasteiger partial charge in [0.2, 0.25) is 0 Å². The molecule has 1 aromatic carbocycles. The predicted octanol–water partition coefficient (Wildman–Crippen LogP) is 2.33. The summed E-state index contributed by atoms with van der Waals surface area (Å²) in [6, 6.07) is 9.22. The van der Waals surface area contributed by atoms with Crippen molar-refractivity contribution in [2.24, 2.45) is 0 Å². The third-order valence-electron chi connectivity index (χ3n) is 4.55. The molecule has 2 atom stereocenters. The molecule has 0 radical (unpaired) electrons. The Bertz CT molecular complexity index is 417. The van der Waals surface area contributed by atoms with Gasteiger partial charge in [-0.1, -0.05) is 30.7 Å². The molecule has 2 saturated heterocycles. The predicted molar refractivity (Wildman–Crippen MR) is 74.8 cm³/mol. The molecule has 2 bridgehead atoms. The second kappa shape index (κ2) is 5.23. The van der Waals surface area contributed by atoms with Crippen molar-refractivity contribution < 1.29 is 9.84 Å². The maximum Gasteiger partial charge on any atom is 0.0926 e. The van der Waals surface area contributed by atoms with Gasteiger partial charge in [0.15, 0.2) is 0 Å². The molecule has 3 rings (SSSR count). The van der Waals surface area contributed by atoms with Gasteiger partial charge in [0.05, 0.1) is 12.2 Å². The average molecular weight is 261 g/mol. The number of hydrogen-bond acceptors (Lipinski definition) is 3. The first-order chi connectivity index (χ1) is 9.19. The van der Waals surface area contributed by atoms with Crippen LogP contribution in [0.2, 0.25) is 0 Å². The van der Waals surface area contributed by atoms with Crippen LogP contribution in [0.1, 0.15) is 43.2 Å². The van der Waals surface area contributed by atoms with Crippen LogP contribution in [0.3, 0.4) is 0 Å². The molecule has 2 heterocycles. The van der Waals surface area contributed by atoms with Crippen LogP contribution in [0.15, 0.2) is 24.3 Å². The first-order valence-electron chi connectivity index (χ1n) is 7.26. The van der Waals surface area contributed by atoms with Gasteiger partial charge in [-0.05, 0) is 36.8 Å². The number of fused-ring (bicyclic) bond motifs is 2. The second-order valence-electron chi connectivity index (χ2n) is 6.06. The number of methoxy groups -OCH3 is 1. The topological polar surface area (TPSA) is 41.5 Å². The molecular formula is C16H23NO2. The van der Waals surface area contributed by atoms with E-state index in [2.05, 4.69) is 29.6 Å². The first kappa shape index (κ1) is 13.1. The van der Waals surface area contributed by atoms with E-state index in [0.717, 1.165) is 24.0 Å². The van der Waals surface area contributed by atoms with Crippen molar-refractivity contribution in [3.05, 3.63) is 35.4 Å². The van der Waals surface area contributed by atoms with E-state index in [1.807, 2.05) is 0 Å². The number of aliphatic hydroxyl groups is 1. The molecule has 1 aromatic rings. The Morgan fingerprint density at radius 3 is 2.42 bits per heavy atom. The minimum Gasteiger partial charge on any atom is -0.385 e. The fourth-order valence-electron chi connectivity index (χ4n) is 3.64. The Balaban J connectivity index is 1.79. The highest BCUT2D eigenvalue weighted by molar-refractivity contribution is 5.28. The zero-order valence-electron chi connectivity index (χ0n) is 11.6. The highest BCUT2D eigenvalue weighted by atomic mass is 16.5. The number of benzene rings is 1. The number of nitrogens with one attached hydrogen (secondary N) is 1. The minimum atomic E-state index is -0.646.